The van der Waals surface area contributed by atoms with Crippen LogP contribution >= 0.6 is 11.6 Å². The average molecular weight is 236 g/mol. The number of hydrogen-bond acceptors (Lipinski definition) is 2. The van der Waals surface area contributed by atoms with Crippen molar-refractivity contribution in [1.29, 1.82) is 0 Å². The Morgan fingerprint density at radius 3 is 3.00 bits per heavy atom. The summed E-state index contributed by atoms with van der Waals surface area (Å²) in [7, 11) is 1.95. The molecule has 1 aliphatic rings. The highest BCUT2D eigenvalue weighted by Gasteiger charge is 2.27. The molecule has 1 aliphatic carbocycles. The first-order valence-electron chi connectivity index (χ1n) is 5.60. The Hall–Kier alpha value is -1.06. The summed E-state index contributed by atoms with van der Waals surface area (Å²) in [6, 6.07) is 6.60. The lowest BCUT2D eigenvalue weighted by molar-refractivity contribution is 0.659. The largest absolute Gasteiger partial charge is 0.324 e. The van der Waals surface area contributed by atoms with Gasteiger partial charge in [0.25, 0.3) is 0 Å². The summed E-state index contributed by atoms with van der Waals surface area (Å²) >= 11 is 5.99. The molecule has 1 N–H and O–H groups in total. The van der Waals surface area contributed by atoms with Crippen LogP contribution in [0.15, 0.2) is 18.2 Å². The Balaban J connectivity index is 2.20. The van der Waals surface area contributed by atoms with E-state index < -0.39 is 0 Å². The molecule has 1 aromatic carbocycles. The molecule has 0 atom stereocenters. The molecule has 1 aromatic heterocycles. The maximum Gasteiger partial charge on any atom is 0.124 e. The molecule has 0 saturated heterocycles. The van der Waals surface area contributed by atoms with Gasteiger partial charge in [0, 0.05) is 11.1 Å². The van der Waals surface area contributed by atoms with Gasteiger partial charge in [0.2, 0.25) is 0 Å². The molecular formula is C12H14ClN3. The first kappa shape index (κ1) is 10.1. The summed E-state index contributed by atoms with van der Waals surface area (Å²) in [6.45, 7) is 0.808. The van der Waals surface area contributed by atoms with E-state index in [2.05, 4.69) is 20.9 Å². The molecule has 0 radical (unpaired) electrons. The van der Waals surface area contributed by atoms with Crippen LogP contribution in [-0.2, 0) is 6.54 Å². The summed E-state index contributed by atoms with van der Waals surface area (Å²) in [5.41, 5.74) is 2.21. The van der Waals surface area contributed by atoms with E-state index in [-0.39, 0.29) is 0 Å². The summed E-state index contributed by atoms with van der Waals surface area (Å²) in [5.74, 6) is 1.11. The van der Waals surface area contributed by atoms with Gasteiger partial charge in [-0.3, -0.25) is 0 Å². The van der Waals surface area contributed by atoms with E-state index in [4.69, 9.17) is 11.6 Å². The fourth-order valence-corrected chi connectivity index (χ4v) is 2.31. The number of nitrogens with one attached hydrogen (secondary N) is 1. The SMILES string of the molecule is CNCc1nc2cc(Cl)ccc2n1C1CC1. The zero-order chi connectivity index (χ0) is 11.1. The number of aromatic nitrogens is 2. The van der Waals surface area contributed by atoms with Gasteiger partial charge in [-0.05, 0) is 38.1 Å². The maximum atomic E-state index is 5.99. The molecule has 0 spiro atoms. The van der Waals surface area contributed by atoms with Crippen molar-refractivity contribution in [2.24, 2.45) is 0 Å². The summed E-state index contributed by atoms with van der Waals surface area (Å²) in [5, 5.41) is 3.92. The van der Waals surface area contributed by atoms with Crippen molar-refractivity contribution in [1.82, 2.24) is 14.9 Å². The minimum absolute atomic E-state index is 0.648. The van der Waals surface area contributed by atoms with E-state index in [1.807, 2.05) is 19.2 Å². The Morgan fingerprint density at radius 1 is 1.50 bits per heavy atom. The van der Waals surface area contributed by atoms with Crippen LogP contribution in [-0.4, -0.2) is 16.6 Å². The lowest BCUT2D eigenvalue weighted by Crippen LogP contribution is -2.11. The zero-order valence-corrected chi connectivity index (χ0v) is 9.96. The highest BCUT2D eigenvalue weighted by atomic mass is 35.5. The van der Waals surface area contributed by atoms with E-state index in [9.17, 15) is 0 Å². The smallest absolute Gasteiger partial charge is 0.124 e. The lowest BCUT2D eigenvalue weighted by Gasteiger charge is -2.06. The number of rotatable bonds is 3. The van der Waals surface area contributed by atoms with E-state index in [1.165, 1.54) is 18.4 Å². The van der Waals surface area contributed by atoms with Crippen molar-refractivity contribution in [2.45, 2.75) is 25.4 Å². The number of fused-ring (bicyclic) bond motifs is 1. The predicted molar refractivity (Wildman–Crippen MR) is 65.8 cm³/mol. The minimum atomic E-state index is 0.648. The Morgan fingerprint density at radius 2 is 2.31 bits per heavy atom. The monoisotopic (exact) mass is 235 g/mol. The van der Waals surface area contributed by atoms with Crippen molar-refractivity contribution in [3.8, 4) is 0 Å². The molecule has 1 heterocycles. The van der Waals surface area contributed by atoms with Crippen LogP contribution in [0.4, 0.5) is 0 Å². The normalized spacial score (nSPS) is 15.9. The van der Waals surface area contributed by atoms with E-state index in [0.717, 1.165) is 22.9 Å². The maximum absolute atomic E-state index is 5.99. The van der Waals surface area contributed by atoms with Gasteiger partial charge in [-0.1, -0.05) is 11.6 Å². The van der Waals surface area contributed by atoms with Crippen molar-refractivity contribution >= 4 is 22.6 Å². The summed E-state index contributed by atoms with van der Waals surface area (Å²) in [4.78, 5) is 4.64. The topological polar surface area (TPSA) is 29.9 Å². The molecule has 0 unspecified atom stereocenters. The predicted octanol–water partition coefficient (Wildman–Crippen LogP) is 2.74. The van der Waals surface area contributed by atoms with Crippen LogP contribution in [0.25, 0.3) is 11.0 Å². The third-order valence-electron chi connectivity index (χ3n) is 2.97. The molecular weight excluding hydrogens is 222 g/mol. The van der Waals surface area contributed by atoms with E-state index in [0.29, 0.717) is 6.04 Å². The van der Waals surface area contributed by atoms with Gasteiger partial charge in [-0.2, -0.15) is 0 Å². The second-order valence-electron chi connectivity index (χ2n) is 4.29. The van der Waals surface area contributed by atoms with Gasteiger partial charge in [-0.15, -0.1) is 0 Å². The second kappa shape index (κ2) is 3.75. The van der Waals surface area contributed by atoms with Gasteiger partial charge >= 0.3 is 0 Å². The number of benzene rings is 1. The molecule has 0 aliphatic heterocycles. The Bertz CT molecular complexity index is 528. The third kappa shape index (κ3) is 1.60. The van der Waals surface area contributed by atoms with Crippen LogP contribution in [0, 0.1) is 0 Å². The minimum Gasteiger partial charge on any atom is -0.324 e. The highest BCUT2D eigenvalue weighted by molar-refractivity contribution is 6.31. The second-order valence-corrected chi connectivity index (χ2v) is 4.73. The first-order chi connectivity index (χ1) is 7.79. The van der Waals surface area contributed by atoms with Crippen molar-refractivity contribution in [3.63, 3.8) is 0 Å². The first-order valence-corrected chi connectivity index (χ1v) is 5.98. The van der Waals surface area contributed by atoms with E-state index in [1.54, 1.807) is 0 Å². The van der Waals surface area contributed by atoms with Gasteiger partial charge < -0.3 is 9.88 Å². The van der Waals surface area contributed by atoms with E-state index >= 15 is 0 Å². The number of hydrogen-bond donors (Lipinski definition) is 1. The van der Waals surface area contributed by atoms with Gasteiger partial charge in [0.15, 0.2) is 0 Å². The molecule has 1 saturated carbocycles. The molecule has 4 heteroatoms. The summed E-state index contributed by atoms with van der Waals surface area (Å²) in [6.07, 6.45) is 2.54. The number of imidazole rings is 1. The number of nitrogens with zero attached hydrogens (tertiary/aromatic N) is 2. The van der Waals surface area contributed by atoms with Gasteiger partial charge in [-0.25, -0.2) is 4.98 Å². The quantitative estimate of drug-likeness (QED) is 0.887. The lowest BCUT2D eigenvalue weighted by atomic mass is 10.3. The molecule has 16 heavy (non-hydrogen) atoms. The van der Waals surface area contributed by atoms with Crippen LogP contribution in [0.1, 0.15) is 24.7 Å². The third-order valence-corrected chi connectivity index (χ3v) is 3.21. The molecule has 1 fully saturated rings. The van der Waals surface area contributed by atoms with Crippen LogP contribution in [0.2, 0.25) is 5.02 Å². The number of halogens is 1. The molecule has 0 amide bonds. The van der Waals surface area contributed by atoms with Crippen LogP contribution < -0.4 is 5.32 Å². The Labute approximate surface area is 99.4 Å². The van der Waals surface area contributed by atoms with Crippen molar-refractivity contribution in [3.05, 3.63) is 29.0 Å². The molecule has 0 bridgehead atoms. The molecule has 84 valence electrons. The fourth-order valence-electron chi connectivity index (χ4n) is 2.14. The van der Waals surface area contributed by atoms with Crippen LogP contribution in [0.3, 0.4) is 0 Å². The highest BCUT2D eigenvalue weighted by Crippen LogP contribution is 2.38. The fraction of sp³-hybridized carbons (Fsp3) is 0.417. The van der Waals surface area contributed by atoms with Crippen molar-refractivity contribution < 1.29 is 0 Å². The Kier molecular flexibility index (Phi) is 2.37. The van der Waals surface area contributed by atoms with Gasteiger partial charge in [0.05, 0.1) is 17.6 Å². The summed E-state index contributed by atoms with van der Waals surface area (Å²) < 4.78 is 2.35. The molecule has 2 aromatic rings. The van der Waals surface area contributed by atoms with Crippen molar-refractivity contribution in [2.75, 3.05) is 7.05 Å². The average Bonchev–Trinajstić information content (AvgIpc) is 3.02. The molecule has 3 rings (SSSR count). The van der Waals surface area contributed by atoms with Crippen LogP contribution in [0.5, 0.6) is 0 Å². The molecule has 3 nitrogen and oxygen atoms in total. The van der Waals surface area contributed by atoms with Gasteiger partial charge in [0.1, 0.15) is 5.82 Å². The standard InChI is InChI=1S/C12H14ClN3/c1-14-7-12-15-10-6-8(13)2-5-11(10)16(12)9-3-4-9/h2,5-6,9,14H,3-4,7H2,1H3. The zero-order valence-electron chi connectivity index (χ0n) is 9.20.